The average molecular weight is 278 g/mol. The Balaban J connectivity index is 2.07. The van der Waals surface area contributed by atoms with Crippen LogP contribution in [0.4, 0.5) is 0 Å². The summed E-state index contributed by atoms with van der Waals surface area (Å²) in [6.45, 7) is 2.21. The standard InChI is InChI=1S/C18H18N2O/c1-2-18(15-8-5-11-19-15)10-9-17(21)20-14-7-4-3-6-13(14)12-16(18)20/h3-8,11-12,19H,2,9-10H2,1H3. The Morgan fingerprint density at radius 3 is 2.86 bits per heavy atom. The number of H-pyrrole nitrogens is 1. The number of nitrogens with zero attached hydrogens (tertiary/aromatic N) is 1. The number of nitrogens with one attached hydrogen (secondary N) is 1. The summed E-state index contributed by atoms with van der Waals surface area (Å²) in [5.74, 6) is 0.210. The second-order valence-corrected chi connectivity index (χ2v) is 5.84. The van der Waals surface area contributed by atoms with Crippen LogP contribution in [0.15, 0.2) is 48.7 Å². The minimum absolute atomic E-state index is 0.0869. The lowest BCUT2D eigenvalue weighted by atomic mass is 9.73. The van der Waals surface area contributed by atoms with Crippen LogP contribution in [0.3, 0.4) is 0 Å². The molecule has 0 saturated carbocycles. The third-order valence-electron chi connectivity index (χ3n) is 4.93. The van der Waals surface area contributed by atoms with Gasteiger partial charge in [-0.3, -0.25) is 9.36 Å². The summed E-state index contributed by atoms with van der Waals surface area (Å²) in [7, 11) is 0. The lowest BCUT2D eigenvalue weighted by Gasteiger charge is -2.36. The molecule has 0 spiro atoms. The molecular weight excluding hydrogens is 260 g/mol. The van der Waals surface area contributed by atoms with Gasteiger partial charge in [-0.2, -0.15) is 0 Å². The van der Waals surface area contributed by atoms with Gasteiger partial charge in [0.2, 0.25) is 5.91 Å². The number of aromatic nitrogens is 2. The van der Waals surface area contributed by atoms with Crippen molar-refractivity contribution < 1.29 is 4.79 Å². The van der Waals surface area contributed by atoms with E-state index in [1.165, 1.54) is 5.69 Å². The molecule has 0 aliphatic carbocycles. The number of benzene rings is 1. The van der Waals surface area contributed by atoms with Crippen LogP contribution in [0.25, 0.3) is 10.9 Å². The van der Waals surface area contributed by atoms with Gasteiger partial charge in [-0.05, 0) is 37.1 Å². The maximum absolute atomic E-state index is 12.5. The molecule has 0 fully saturated rings. The first kappa shape index (κ1) is 12.5. The van der Waals surface area contributed by atoms with Gasteiger partial charge in [0.05, 0.1) is 10.9 Å². The topological polar surface area (TPSA) is 37.8 Å². The quantitative estimate of drug-likeness (QED) is 0.753. The highest BCUT2D eigenvalue weighted by atomic mass is 16.2. The van der Waals surface area contributed by atoms with Crippen LogP contribution in [-0.4, -0.2) is 15.5 Å². The molecule has 1 aliphatic rings. The molecule has 21 heavy (non-hydrogen) atoms. The zero-order valence-electron chi connectivity index (χ0n) is 12.1. The van der Waals surface area contributed by atoms with E-state index in [1.54, 1.807) is 0 Å². The SMILES string of the molecule is CCC1(c2ccc[nH]2)CCC(=O)n2c1cc1ccccc12. The van der Waals surface area contributed by atoms with Crippen LogP contribution >= 0.6 is 0 Å². The summed E-state index contributed by atoms with van der Waals surface area (Å²) >= 11 is 0. The fraction of sp³-hybridized carbons (Fsp3) is 0.278. The maximum Gasteiger partial charge on any atom is 0.231 e. The molecule has 3 aromatic rings. The van der Waals surface area contributed by atoms with Gasteiger partial charge >= 0.3 is 0 Å². The average Bonchev–Trinajstić information content (AvgIpc) is 3.16. The fourth-order valence-electron chi connectivity index (χ4n) is 3.78. The molecule has 0 radical (unpaired) electrons. The van der Waals surface area contributed by atoms with Crippen molar-refractivity contribution in [3.8, 4) is 0 Å². The van der Waals surface area contributed by atoms with Gasteiger partial charge in [-0.1, -0.05) is 25.1 Å². The zero-order valence-corrected chi connectivity index (χ0v) is 12.1. The molecule has 1 N–H and O–H groups in total. The van der Waals surface area contributed by atoms with Gasteiger partial charge in [0, 0.05) is 29.4 Å². The minimum Gasteiger partial charge on any atom is -0.364 e. The molecule has 3 heteroatoms. The van der Waals surface area contributed by atoms with E-state index in [9.17, 15) is 4.79 Å². The van der Waals surface area contributed by atoms with Gasteiger partial charge in [0.15, 0.2) is 0 Å². The zero-order chi connectivity index (χ0) is 14.4. The lowest BCUT2D eigenvalue weighted by Crippen LogP contribution is -2.37. The molecule has 0 amide bonds. The van der Waals surface area contributed by atoms with Gasteiger partial charge in [-0.25, -0.2) is 0 Å². The second-order valence-electron chi connectivity index (χ2n) is 5.84. The molecule has 2 aromatic heterocycles. The van der Waals surface area contributed by atoms with E-state index in [2.05, 4.69) is 30.1 Å². The largest absolute Gasteiger partial charge is 0.364 e. The summed E-state index contributed by atoms with van der Waals surface area (Å²) in [4.78, 5) is 15.9. The molecule has 3 nitrogen and oxygen atoms in total. The Morgan fingerprint density at radius 2 is 2.10 bits per heavy atom. The maximum atomic E-state index is 12.5. The molecule has 0 saturated heterocycles. The highest BCUT2D eigenvalue weighted by Gasteiger charge is 2.41. The van der Waals surface area contributed by atoms with Crippen molar-refractivity contribution in [2.45, 2.75) is 31.6 Å². The fourth-order valence-corrected chi connectivity index (χ4v) is 3.78. The monoisotopic (exact) mass is 278 g/mol. The lowest BCUT2D eigenvalue weighted by molar-refractivity contribution is 0.0864. The number of carbonyl (C=O) groups is 1. The summed E-state index contributed by atoms with van der Waals surface area (Å²) in [6, 6.07) is 14.5. The molecule has 4 rings (SSSR count). The summed E-state index contributed by atoms with van der Waals surface area (Å²) < 4.78 is 1.93. The third kappa shape index (κ3) is 1.57. The Hall–Kier alpha value is -2.29. The van der Waals surface area contributed by atoms with E-state index in [-0.39, 0.29) is 11.3 Å². The number of fused-ring (bicyclic) bond motifs is 3. The number of aromatic amines is 1. The van der Waals surface area contributed by atoms with Crippen LogP contribution in [0, 0.1) is 0 Å². The van der Waals surface area contributed by atoms with Gasteiger partial charge in [0.1, 0.15) is 0 Å². The van der Waals surface area contributed by atoms with Gasteiger partial charge < -0.3 is 4.98 Å². The van der Waals surface area contributed by atoms with E-state index in [1.807, 2.05) is 35.0 Å². The van der Waals surface area contributed by atoms with Crippen LogP contribution in [-0.2, 0) is 5.41 Å². The number of carbonyl (C=O) groups excluding carboxylic acids is 1. The van der Waals surface area contributed by atoms with Crippen LogP contribution in [0.1, 0.15) is 42.4 Å². The summed E-state index contributed by atoms with van der Waals surface area (Å²) in [6.07, 6.45) is 4.42. The summed E-state index contributed by atoms with van der Waals surface area (Å²) in [5, 5.41) is 1.15. The van der Waals surface area contributed by atoms with Crippen LogP contribution in [0.5, 0.6) is 0 Å². The Kier molecular flexibility index (Phi) is 2.58. The molecule has 3 heterocycles. The smallest absolute Gasteiger partial charge is 0.231 e. The van der Waals surface area contributed by atoms with Crippen molar-refractivity contribution in [3.63, 3.8) is 0 Å². The Labute approximate surface area is 123 Å². The molecule has 1 aliphatic heterocycles. The van der Waals surface area contributed by atoms with Crippen molar-refractivity contribution in [2.75, 3.05) is 0 Å². The highest BCUT2D eigenvalue weighted by Crippen LogP contribution is 2.44. The molecule has 1 aromatic carbocycles. The normalized spacial score (nSPS) is 21.7. The van der Waals surface area contributed by atoms with Crippen molar-refractivity contribution in [1.82, 2.24) is 9.55 Å². The van der Waals surface area contributed by atoms with Gasteiger partial charge in [0.25, 0.3) is 0 Å². The predicted molar refractivity (Wildman–Crippen MR) is 83.7 cm³/mol. The molecule has 106 valence electrons. The second kappa shape index (κ2) is 4.35. The van der Waals surface area contributed by atoms with E-state index >= 15 is 0 Å². The number of hydrogen-bond acceptors (Lipinski definition) is 1. The number of hydrogen-bond donors (Lipinski definition) is 1. The first-order valence-corrected chi connectivity index (χ1v) is 7.54. The van der Waals surface area contributed by atoms with E-state index in [0.29, 0.717) is 6.42 Å². The van der Waals surface area contributed by atoms with Crippen molar-refractivity contribution in [3.05, 3.63) is 60.0 Å². The van der Waals surface area contributed by atoms with E-state index in [0.717, 1.165) is 29.4 Å². The van der Waals surface area contributed by atoms with Crippen LogP contribution < -0.4 is 0 Å². The van der Waals surface area contributed by atoms with E-state index in [4.69, 9.17) is 0 Å². The van der Waals surface area contributed by atoms with Crippen molar-refractivity contribution in [1.29, 1.82) is 0 Å². The van der Waals surface area contributed by atoms with Gasteiger partial charge in [-0.15, -0.1) is 0 Å². The number of para-hydroxylation sites is 1. The first-order valence-electron chi connectivity index (χ1n) is 7.54. The Bertz CT molecular complexity index is 813. The first-order chi connectivity index (χ1) is 10.3. The van der Waals surface area contributed by atoms with E-state index < -0.39 is 0 Å². The molecule has 0 bridgehead atoms. The Morgan fingerprint density at radius 1 is 1.24 bits per heavy atom. The number of rotatable bonds is 2. The van der Waals surface area contributed by atoms with Crippen LogP contribution in [0.2, 0.25) is 0 Å². The van der Waals surface area contributed by atoms with Crippen molar-refractivity contribution >= 4 is 16.8 Å². The summed E-state index contributed by atoms with van der Waals surface area (Å²) in [5.41, 5.74) is 3.28. The minimum atomic E-state index is -0.0869. The predicted octanol–water partition coefficient (Wildman–Crippen LogP) is 4.10. The third-order valence-corrected chi connectivity index (χ3v) is 4.93. The highest BCUT2D eigenvalue weighted by molar-refractivity contribution is 5.95. The molecular formula is C18H18N2O. The molecule has 1 atom stereocenters. The van der Waals surface area contributed by atoms with Crippen molar-refractivity contribution in [2.24, 2.45) is 0 Å². The molecule has 1 unspecified atom stereocenters.